The molecule has 0 saturated carbocycles. The number of carbonyl (C=O) groups is 1. The molecule has 7 heteroatoms. The Bertz CT molecular complexity index is 802. The quantitative estimate of drug-likeness (QED) is 0.516. The van der Waals surface area contributed by atoms with E-state index in [1.165, 1.54) is 12.8 Å². The van der Waals surface area contributed by atoms with Crippen molar-refractivity contribution in [1.29, 1.82) is 0 Å². The number of aromatic nitrogens is 2. The molecule has 1 unspecified atom stereocenters. The lowest BCUT2D eigenvalue weighted by molar-refractivity contribution is -0.121. The van der Waals surface area contributed by atoms with E-state index in [0.29, 0.717) is 11.3 Å². The number of primary amides is 1. The standard InChI is InChI=1S/C19H26Br2N4O/c1-5-6-7-8-23-18-13(21)10-11-9-12(20)15(24-17(11)25-18)14(16(22)26)19(2,3)4/h9-10,14H,5-8H2,1-4H3,(H2,22,26)(H,23,24,25). The van der Waals surface area contributed by atoms with Crippen LogP contribution in [0.25, 0.3) is 11.0 Å². The molecule has 2 rings (SSSR count). The van der Waals surface area contributed by atoms with Crippen LogP contribution in [0.5, 0.6) is 0 Å². The SMILES string of the molecule is CCCCCNc1nc2nc(C(C(N)=O)C(C)(C)C)c(Br)cc2cc1Br. The molecule has 26 heavy (non-hydrogen) atoms. The molecule has 0 fully saturated rings. The minimum absolute atomic E-state index is 0.342. The Morgan fingerprint density at radius 1 is 1.19 bits per heavy atom. The Balaban J connectivity index is 2.46. The average Bonchev–Trinajstić information content (AvgIpc) is 2.51. The summed E-state index contributed by atoms with van der Waals surface area (Å²) in [6.07, 6.45) is 3.45. The smallest absolute Gasteiger partial charge is 0.227 e. The van der Waals surface area contributed by atoms with Gasteiger partial charge in [0.2, 0.25) is 5.91 Å². The van der Waals surface area contributed by atoms with E-state index in [4.69, 9.17) is 5.73 Å². The Morgan fingerprint density at radius 3 is 2.42 bits per heavy atom. The second-order valence-electron chi connectivity index (χ2n) is 7.56. The number of hydrogen-bond acceptors (Lipinski definition) is 4. The molecule has 5 nitrogen and oxygen atoms in total. The highest BCUT2D eigenvalue weighted by molar-refractivity contribution is 9.11. The van der Waals surface area contributed by atoms with Crippen LogP contribution in [-0.4, -0.2) is 22.4 Å². The zero-order valence-electron chi connectivity index (χ0n) is 15.7. The number of anilines is 1. The van der Waals surface area contributed by atoms with Crippen molar-refractivity contribution in [3.63, 3.8) is 0 Å². The number of carbonyl (C=O) groups excluding carboxylic acids is 1. The van der Waals surface area contributed by atoms with Gasteiger partial charge in [0.25, 0.3) is 0 Å². The average molecular weight is 486 g/mol. The molecule has 1 atom stereocenters. The van der Waals surface area contributed by atoms with Gasteiger partial charge in [-0.15, -0.1) is 0 Å². The van der Waals surface area contributed by atoms with E-state index < -0.39 is 5.92 Å². The topological polar surface area (TPSA) is 80.9 Å². The molecular weight excluding hydrogens is 460 g/mol. The molecule has 142 valence electrons. The van der Waals surface area contributed by atoms with E-state index >= 15 is 0 Å². The Morgan fingerprint density at radius 2 is 1.85 bits per heavy atom. The van der Waals surface area contributed by atoms with E-state index in [9.17, 15) is 4.79 Å². The van der Waals surface area contributed by atoms with Gasteiger partial charge in [-0.2, -0.15) is 0 Å². The van der Waals surface area contributed by atoms with Crippen LogP contribution < -0.4 is 11.1 Å². The van der Waals surface area contributed by atoms with Gasteiger partial charge in [0, 0.05) is 16.4 Å². The summed E-state index contributed by atoms with van der Waals surface area (Å²) in [5.41, 5.74) is 6.56. The molecular formula is C19H26Br2N4O. The third-order valence-corrected chi connectivity index (χ3v) is 5.47. The molecule has 0 aliphatic rings. The largest absolute Gasteiger partial charge is 0.369 e. The summed E-state index contributed by atoms with van der Waals surface area (Å²) in [6.45, 7) is 8.99. The van der Waals surface area contributed by atoms with E-state index in [1.807, 2.05) is 32.9 Å². The number of pyridine rings is 2. The molecule has 2 heterocycles. The lowest BCUT2D eigenvalue weighted by Crippen LogP contribution is -2.32. The number of nitrogens with zero attached hydrogens (tertiary/aromatic N) is 2. The van der Waals surface area contributed by atoms with Crippen LogP contribution in [0.1, 0.15) is 58.6 Å². The first-order valence-electron chi connectivity index (χ1n) is 8.85. The maximum Gasteiger partial charge on any atom is 0.227 e. The van der Waals surface area contributed by atoms with E-state index in [0.717, 1.165) is 33.1 Å². The predicted octanol–water partition coefficient (Wildman–Crippen LogP) is 5.37. The predicted molar refractivity (Wildman–Crippen MR) is 114 cm³/mol. The van der Waals surface area contributed by atoms with Gasteiger partial charge in [-0.1, -0.05) is 40.5 Å². The van der Waals surface area contributed by atoms with Crippen LogP contribution in [0.4, 0.5) is 5.82 Å². The molecule has 0 saturated heterocycles. The molecule has 0 radical (unpaired) electrons. The first-order chi connectivity index (χ1) is 12.1. The zero-order valence-corrected chi connectivity index (χ0v) is 18.9. The maximum absolute atomic E-state index is 12.1. The Labute approximate surface area is 171 Å². The lowest BCUT2D eigenvalue weighted by atomic mass is 9.78. The number of halogens is 2. The fraction of sp³-hybridized carbons (Fsp3) is 0.526. The minimum Gasteiger partial charge on any atom is -0.369 e. The van der Waals surface area contributed by atoms with Gasteiger partial charge in [-0.3, -0.25) is 4.79 Å². The van der Waals surface area contributed by atoms with Crippen molar-refractivity contribution in [2.75, 3.05) is 11.9 Å². The van der Waals surface area contributed by atoms with Crippen molar-refractivity contribution >= 4 is 54.6 Å². The van der Waals surface area contributed by atoms with Gasteiger partial charge in [0.1, 0.15) is 5.82 Å². The fourth-order valence-electron chi connectivity index (χ4n) is 2.95. The summed E-state index contributed by atoms with van der Waals surface area (Å²) in [7, 11) is 0. The number of hydrogen-bond donors (Lipinski definition) is 2. The minimum atomic E-state index is -0.507. The highest BCUT2D eigenvalue weighted by Crippen LogP contribution is 2.38. The molecule has 0 aromatic carbocycles. The molecule has 0 spiro atoms. The second-order valence-corrected chi connectivity index (χ2v) is 9.26. The molecule has 3 N–H and O–H groups in total. The number of nitrogens with two attached hydrogens (primary N) is 1. The van der Waals surface area contributed by atoms with E-state index in [-0.39, 0.29) is 11.3 Å². The highest BCUT2D eigenvalue weighted by Gasteiger charge is 2.34. The first-order valence-corrected chi connectivity index (χ1v) is 10.4. The van der Waals surface area contributed by atoms with Crippen molar-refractivity contribution in [3.8, 4) is 0 Å². The maximum atomic E-state index is 12.1. The number of rotatable bonds is 7. The Kier molecular flexibility index (Phi) is 7.02. The lowest BCUT2D eigenvalue weighted by Gasteiger charge is -2.28. The van der Waals surface area contributed by atoms with Crippen LogP contribution >= 0.6 is 31.9 Å². The van der Waals surface area contributed by atoms with Gasteiger partial charge in [0.15, 0.2) is 5.65 Å². The number of amides is 1. The van der Waals surface area contributed by atoms with Crippen LogP contribution in [-0.2, 0) is 4.79 Å². The molecule has 0 bridgehead atoms. The van der Waals surface area contributed by atoms with Crippen molar-refractivity contribution < 1.29 is 4.79 Å². The van der Waals surface area contributed by atoms with Gasteiger partial charge >= 0.3 is 0 Å². The van der Waals surface area contributed by atoms with Gasteiger partial charge in [-0.05, 0) is 55.8 Å². The molecule has 2 aromatic rings. The molecule has 0 aliphatic heterocycles. The van der Waals surface area contributed by atoms with Gasteiger partial charge in [-0.25, -0.2) is 9.97 Å². The third-order valence-electron chi connectivity index (χ3n) is 4.23. The summed E-state index contributed by atoms with van der Waals surface area (Å²) in [4.78, 5) is 21.4. The van der Waals surface area contributed by atoms with Crippen LogP contribution in [0.3, 0.4) is 0 Å². The summed E-state index contributed by atoms with van der Waals surface area (Å²) in [5.74, 6) is -0.131. The summed E-state index contributed by atoms with van der Waals surface area (Å²) in [6, 6.07) is 3.93. The van der Waals surface area contributed by atoms with Gasteiger partial charge in [0.05, 0.1) is 16.1 Å². The van der Waals surface area contributed by atoms with Crippen molar-refractivity contribution in [3.05, 3.63) is 26.8 Å². The first kappa shape index (κ1) is 21.1. The van der Waals surface area contributed by atoms with Crippen molar-refractivity contribution in [2.24, 2.45) is 11.1 Å². The number of fused-ring (bicyclic) bond motifs is 1. The van der Waals surface area contributed by atoms with Crippen LogP contribution in [0.15, 0.2) is 21.1 Å². The Hall–Kier alpha value is -1.21. The van der Waals surface area contributed by atoms with E-state index in [2.05, 4.69) is 54.1 Å². The molecule has 2 aromatic heterocycles. The zero-order chi connectivity index (χ0) is 19.5. The third kappa shape index (κ3) is 4.94. The summed E-state index contributed by atoms with van der Waals surface area (Å²) >= 11 is 7.12. The number of nitrogens with one attached hydrogen (secondary N) is 1. The highest BCUT2D eigenvalue weighted by atomic mass is 79.9. The van der Waals surface area contributed by atoms with Crippen LogP contribution in [0.2, 0.25) is 0 Å². The summed E-state index contributed by atoms with van der Waals surface area (Å²) < 4.78 is 1.66. The number of unbranched alkanes of at least 4 members (excludes halogenated alkanes) is 2. The molecule has 0 aliphatic carbocycles. The normalized spacial score (nSPS) is 13.0. The monoisotopic (exact) mass is 484 g/mol. The van der Waals surface area contributed by atoms with E-state index in [1.54, 1.807) is 0 Å². The fourth-order valence-corrected chi connectivity index (χ4v) is 3.99. The molecule has 1 amide bonds. The van der Waals surface area contributed by atoms with Crippen molar-refractivity contribution in [2.45, 2.75) is 52.9 Å². The van der Waals surface area contributed by atoms with Crippen molar-refractivity contribution in [1.82, 2.24) is 9.97 Å². The second kappa shape index (κ2) is 8.65. The van der Waals surface area contributed by atoms with Crippen LogP contribution in [0, 0.1) is 5.41 Å². The summed E-state index contributed by atoms with van der Waals surface area (Å²) in [5, 5.41) is 4.25. The van der Waals surface area contributed by atoms with Gasteiger partial charge < -0.3 is 11.1 Å².